The van der Waals surface area contributed by atoms with Gasteiger partial charge in [0.1, 0.15) is 11.2 Å². The average molecular weight is 941 g/mol. The monoisotopic (exact) mass is 940 g/mol. The second-order valence-corrected chi connectivity index (χ2v) is 19.8. The molecule has 0 saturated carbocycles. The van der Waals surface area contributed by atoms with E-state index in [0.717, 1.165) is 55.7 Å². The van der Waals surface area contributed by atoms with E-state index in [9.17, 15) is 0 Å². The summed E-state index contributed by atoms with van der Waals surface area (Å²) in [5.74, 6) is 0. The van der Waals surface area contributed by atoms with Gasteiger partial charge in [0.15, 0.2) is 0 Å². The van der Waals surface area contributed by atoms with E-state index >= 15 is 0 Å². The first-order valence-corrected chi connectivity index (χ1v) is 25.6. The molecule has 344 valence electrons. The van der Waals surface area contributed by atoms with E-state index in [1.54, 1.807) is 0 Å². The fourth-order valence-corrected chi connectivity index (χ4v) is 13.2. The van der Waals surface area contributed by atoms with Crippen molar-refractivity contribution in [1.29, 1.82) is 0 Å². The van der Waals surface area contributed by atoms with Crippen LogP contribution in [0.25, 0.3) is 105 Å². The van der Waals surface area contributed by atoms with E-state index in [-0.39, 0.29) is 0 Å². The van der Waals surface area contributed by atoms with Crippen LogP contribution >= 0.6 is 0 Å². The van der Waals surface area contributed by atoms with E-state index in [1.165, 1.54) is 88.3 Å². The maximum atomic E-state index is 6.39. The van der Waals surface area contributed by atoms with Gasteiger partial charge in [-0.25, -0.2) is 0 Å². The topological polar surface area (TPSA) is 21.3 Å². The highest BCUT2D eigenvalue weighted by atomic mass is 16.3. The molecule has 0 N–H and O–H groups in total. The van der Waals surface area contributed by atoms with E-state index in [2.05, 4.69) is 270 Å². The van der Waals surface area contributed by atoms with Crippen molar-refractivity contribution in [3.05, 3.63) is 289 Å². The van der Waals surface area contributed by atoms with Crippen LogP contribution in [-0.2, 0) is 5.41 Å². The molecule has 0 bridgehead atoms. The molecule has 2 aromatic heterocycles. The fourth-order valence-electron chi connectivity index (χ4n) is 13.2. The molecule has 14 aromatic rings. The first-order chi connectivity index (χ1) is 36.7. The van der Waals surface area contributed by atoms with Crippen molar-refractivity contribution in [2.45, 2.75) is 5.41 Å². The van der Waals surface area contributed by atoms with Gasteiger partial charge in [-0.05, 0) is 127 Å². The van der Waals surface area contributed by atoms with Crippen LogP contribution < -0.4 is 4.90 Å². The van der Waals surface area contributed by atoms with Crippen molar-refractivity contribution in [2.75, 3.05) is 4.90 Å². The molecule has 0 amide bonds. The summed E-state index contributed by atoms with van der Waals surface area (Å²) in [7, 11) is 0. The number of hydrogen-bond acceptors (Lipinski definition) is 2. The van der Waals surface area contributed by atoms with E-state index < -0.39 is 5.41 Å². The van der Waals surface area contributed by atoms with Crippen LogP contribution in [0.2, 0.25) is 0 Å². The van der Waals surface area contributed by atoms with Gasteiger partial charge in [-0.2, -0.15) is 0 Å². The zero-order chi connectivity index (χ0) is 48.5. The number of nitrogens with zero attached hydrogens (tertiary/aromatic N) is 2. The highest BCUT2D eigenvalue weighted by molar-refractivity contribution is 6.14. The number of aromatic nitrogens is 1. The maximum absolute atomic E-state index is 6.39. The van der Waals surface area contributed by atoms with Crippen LogP contribution in [0.1, 0.15) is 22.3 Å². The molecule has 3 heteroatoms. The molecule has 2 aliphatic rings. The van der Waals surface area contributed by atoms with E-state index in [0.29, 0.717) is 0 Å². The molecule has 0 saturated heterocycles. The summed E-state index contributed by atoms with van der Waals surface area (Å²) in [5.41, 5.74) is 22.8. The summed E-state index contributed by atoms with van der Waals surface area (Å²) >= 11 is 0. The molecule has 16 rings (SSSR count). The smallest absolute Gasteiger partial charge is 0.136 e. The molecule has 1 atom stereocenters. The zero-order valence-corrected chi connectivity index (χ0v) is 40.2. The van der Waals surface area contributed by atoms with Crippen molar-refractivity contribution in [1.82, 2.24) is 4.57 Å². The van der Waals surface area contributed by atoms with E-state index in [4.69, 9.17) is 4.42 Å². The molecule has 1 unspecified atom stereocenters. The Bertz CT molecular complexity index is 4620. The Morgan fingerprint density at radius 3 is 1.78 bits per heavy atom. The van der Waals surface area contributed by atoms with Crippen LogP contribution in [-0.4, -0.2) is 4.57 Å². The SMILES string of the molecule is c1ccc(-c2cccc3ccccc23)c(-c2ccccc2N(c2ccc(-c3cccc4oc5ccccc5c34)cc2)c2ccc3c(c2)C2(c4ccccc4-3)c3ccccc3-n3c4ccccc4c4cccc2c43)c1. The van der Waals surface area contributed by atoms with E-state index in [1.807, 2.05) is 6.07 Å². The van der Waals surface area contributed by atoms with Crippen molar-refractivity contribution >= 4 is 71.6 Å². The number of anilines is 3. The Kier molecular flexibility index (Phi) is 8.66. The van der Waals surface area contributed by atoms with Crippen LogP contribution in [0.3, 0.4) is 0 Å². The Morgan fingerprint density at radius 1 is 0.338 bits per heavy atom. The summed E-state index contributed by atoms with van der Waals surface area (Å²) in [6, 6.07) is 98.6. The van der Waals surface area contributed by atoms with Gasteiger partial charge in [0, 0.05) is 38.5 Å². The predicted octanol–water partition coefficient (Wildman–Crippen LogP) is 19.0. The Morgan fingerprint density at radius 2 is 0.905 bits per heavy atom. The number of hydrogen-bond donors (Lipinski definition) is 0. The first-order valence-electron chi connectivity index (χ1n) is 25.6. The predicted molar refractivity (Wildman–Crippen MR) is 307 cm³/mol. The van der Waals surface area contributed by atoms with Crippen molar-refractivity contribution in [3.63, 3.8) is 0 Å². The third-order valence-electron chi connectivity index (χ3n) is 16.2. The first kappa shape index (κ1) is 41.0. The van der Waals surface area contributed by atoms with Gasteiger partial charge in [-0.1, -0.05) is 212 Å². The number of fused-ring (bicyclic) bond motifs is 16. The summed E-state index contributed by atoms with van der Waals surface area (Å²) in [6.07, 6.45) is 0. The number of para-hydroxylation sites is 5. The van der Waals surface area contributed by atoms with Gasteiger partial charge in [-0.15, -0.1) is 0 Å². The maximum Gasteiger partial charge on any atom is 0.136 e. The molecule has 3 nitrogen and oxygen atoms in total. The van der Waals surface area contributed by atoms with Gasteiger partial charge >= 0.3 is 0 Å². The number of furan rings is 1. The summed E-state index contributed by atoms with van der Waals surface area (Å²) in [5, 5.41) is 7.25. The molecule has 12 aromatic carbocycles. The van der Waals surface area contributed by atoms with Crippen LogP contribution in [0.15, 0.2) is 271 Å². The molecule has 3 heterocycles. The zero-order valence-electron chi connectivity index (χ0n) is 40.2. The van der Waals surface area contributed by atoms with Gasteiger partial charge < -0.3 is 13.9 Å². The molecular formula is C71H44N2O. The highest BCUT2D eigenvalue weighted by Crippen LogP contribution is 2.62. The second kappa shape index (κ2) is 15.6. The molecule has 74 heavy (non-hydrogen) atoms. The number of benzene rings is 12. The van der Waals surface area contributed by atoms with Gasteiger partial charge in [0.25, 0.3) is 0 Å². The van der Waals surface area contributed by atoms with Gasteiger partial charge in [0.2, 0.25) is 0 Å². The minimum absolute atomic E-state index is 0.607. The lowest BCUT2D eigenvalue weighted by Gasteiger charge is -2.40. The van der Waals surface area contributed by atoms with Gasteiger partial charge in [-0.3, -0.25) is 0 Å². The van der Waals surface area contributed by atoms with Crippen LogP contribution in [0.5, 0.6) is 0 Å². The van der Waals surface area contributed by atoms with Crippen LogP contribution in [0.4, 0.5) is 17.1 Å². The highest BCUT2D eigenvalue weighted by Gasteiger charge is 2.51. The van der Waals surface area contributed by atoms with Crippen molar-refractivity contribution < 1.29 is 4.42 Å². The van der Waals surface area contributed by atoms with Crippen molar-refractivity contribution in [2.24, 2.45) is 0 Å². The Balaban J connectivity index is 0.959. The Labute approximate surface area is 428 Å². The average Bonchev–Trinajstić information content (AvgIpc) is 4.14. The quantitative estimate of drug-likeness (QED) is 0.166. The second-order valence-electron chi connectivity index (χ2n) is 19.8. The molecular weight excluding hydrogens is 897 g/mol. The minimum Gasteiger partial charge on any atom is -0.456 e. The summed E-state index contributed by atoms with van der Waals surface area (Å²) < 4.78 is 8.91. The lowest BCUT2D eigenvalue weighted by molar-refractivity contribution is 0.669. The summed E-state index contributed by atoms with van der Waals surface area (Å²) in [6.45, 7) is 0. The molecule has 0 fully saturated rings. The normalized spacial score (nSPS) is 14.3. The third kappa shape index (κ3) is 5.61. The minimum atomic E-state index is -0.607. The lowest BCUT2D eigenvalue weighted by atomic mass is 9.65. The molecule has 1 aliphatic heterocycles. The standard InChI is InChI=1S/C71H44N2O/c1-2-20-49-45(18-1)19-15-28-51(49)52-21-3-4-22-53(52)56-24-6-11-33-64(56)72(47-40-38-46(39-41-47)50-27-17-37-68-69(50)59-26-8-14-36-67(59)74-68)48-42-43-55-54-23-5-9-30-60(54)71(63(55)44-48)61-31-10-13-35-66(61)73-65-34-12-7-25-57(65)58-29-16-32-62(71)70(58)73/h1-44H. The lowest BCUT2D eigenvalue weighted by Crippen LogP contribution is -2.33. The molecule has 1 spiro atoms. The molecule has 1 aliphatic carbocycles. The van der Waals surface area contributed by atoms with Gasteiger partial charge in [0.05, 0.1) is 27.8 Å². The van der Waals surface area contributed by atoms with Crippen LogP contribution in [0, 0.1) is 0 Å². The van der Waals surface area contributed by atoms with Crippen molar-refractivity contribution in [3.8, 4) is 50.2 Å². The Hall–Kier alpha value is -9.70. The summed E-state index contributed by atoms with van der Waals surface area (Å²) in [4.78, 5) is 2.50. The molecule has 0 radical (unpaired) electrons. The third-order valence-corrected chi connectivity index (χ3v) is 16.2. The fraction of sp³-hybridized carbons (Fsp3) is 0.0141. The number of rotatable bonds is 6. The largest absolute Gasteiger partial charge is 0.456 e.